The first-order chi connectivity index (χ1) is 9.92. The number of nitrogens with zero attached hydrogens (tertiary/aromatic N) is 3. The fourth-order valence-corrected chi connectivity index (χ4v) is 2.33. The average Bonchev–Trinajstić information content (AvgIpc) is 2.75. The normalized spacial score (nSPS) is 11.7. The molecule has 2 aromatic rings. The van der Waals surface area contributed by atoms with Crippen molar-refractivity contribution in [3.63, 3.8) is 0 Å². The molecule has 6 heteroatoms. The highest BCUT2D eigenvalue weighted by Crippen LogP contribution is 2.25. The lowest BCUT2D eigenvalue weighted by Gasteiger charge is -2.13. The number of benzene rings is 1. The number of hydrogen-bond acceptors (Lipinski definition) is 4. The molecule has 1 aromatic carbocycles. The second-order valence-corrected chi connectivity index (χ2v) is 5.11. The van der Waals surface area contributed by atoms with Crippen molar-refractivity contribution in [2.45, 2.75) is 27.4 Å². The first-order valence-electron chi connectivity index (χ1n) is 6.64. The molecule has 0 saturated heterocycles. The topological polar surface area (TPSA) is 85.7 Å². The summed E-state index contributed by atoms with van der Waals surface area (Å²) >= 11 is 0. The summed E-state index contributed by atoms with van der Waals surface area (Å²) in [5.74, 6) is 0.901. The van der Waals surface area contributed by atoms with E-state index in [1.165, 1.54) is 0 Å². The molecule has 0 fully saturated rings. The van der Waals surface area contributed by atoms with E-state index < -0.39 is 0 Å². The molecule has 6 nitrogen and oxygen atoms in total. The van der Waals surface area contributed by atoms with Crippen molar-refractivity contribution in [1.29, 1.82) is 0 Å². The molecule has 0 aliphatic carbocycles. The molecule has 3 N–H and O–H groups in total. The van der Waals surface area contributed by atoms with Gasteiger partial charge in [0.25, 0.3) is 0 Å². The van der Waals surface area contributed by atoms with Gasteiger partial charge in [0.05, 0.1) is 11.4 Å². The average molecular weight is 288 g/mol. The molecule has 0 spiro atoms. The van der Waals surface area contributed by atoms with E-state index in [4.69, 9.17) is 15.7 Å². The number of ether oxygens (including phenoxy) is 1. The zero-order valence-corrected chi connectivity index (χ0v) is 12.7. The van der Waals surface area contributed by atoms with Gasteiger partial charge in [-0.25, -0.2) is 0 Å². The summed E-state index contributed by atoms with van der Waals surface area (Å²) in [5, 5.41) is 16.1. The van der Waals surface area contributed by atoms with Gasteiger partial charge in [-0.2, -0.15) is 5.10 Å². The molecule has 0 bridgehead atoms. The summed E-state index contributed by atoms with van der Waals surface area (Å²) in [6.45, 7) is 6.27. The molecule has 0 unspecified atom stereocenters. The van der Waals surface area contributed by atoms with Crippen molar-refractivity contribution in [2.24, 2.45) is 17.9 Å². The van der Waals surface area contributed by atoms with Crippen LogP contribution in [0.5, 0.6) is 5.75 Å². The number of aromatic nitrogens is 2. The highest BCUT2D eigenvalue weighted by atomic mass is 16.5. The van der Waals surface area contributed by atoms with Crippen molar-refractivity contribution >= 4 is 5.84 Å². The van der Waals surface area contributed by atoms with E-state index in [0.717, 1.165) is 28.3 Å². The van der Waals surface area contributed by atoms with E-state index in [1.807, 2.05) is 50.7 Å². The molecule has 112 valence electrons. The lowest BCUT2D eigenvalue weighted by Crippen LogP contribution is -2.14. The largest absolute Gasteiger partial charge is 0.487 e. The Hall–Kier alpha value is -2.50. The van der Waals surface area contributed by atoms with Gasteiger partial charge in [0, 0.05) is 12.6 Å². The van der Waals surface area contributed by atoms with Gasteiger partial charge in [0.15, 0.2) is 5.84 Å². The predicted octanol–water partition coefficient (Wildman–Crippen LogP) is 2.02. The van der Waals surface area contributed by atoms with Crippen LogP contribution < -0.4 is 10.5 Å². The molecule has 2 rings (SSSR count). The number of aryl methyl sites for hydroxylation is 4. The number of hydrogen-bond donors (Lipinski definition) is 2. The van der Waals surface area contributed by atoms with Crippen molar-refractivity contribution in [3.8, 4) is 5.75 Å². The van der Waals surface area contributed by atoms with Crippen LogP contribution in [0.4, 0.5) is 0 Å². The second-order valence-electron chi connectivity index (χ2n) is 5.11. The standard InChI is InChI=1S/C15H20N4O2/c1-9-5-12(15(16)18-20)6-10(2)14(9)21-8-13-7-11(3)17-19(13)4/h5-7,20H,8H2,1-4H3,(H2,16,18). The van der Waals surface area contributed by atoms with Crippen LogP contribution in [0.15, 0.2) is 23.4 Å². The van der Waals surface area contributed by atoms with Crippen LogP contribution in [0.1, 0.15) is 28.1 Å². The maximum Gasteiger partial charge on any atom is 0.170 e. The van der Waals surface area contributed by atoms with Gasteiger partial charge in [-0.3, -0.25) is 4.68 Å². The van der Waals surface area contributed by atoms with Crippen LogP contribution in [-0.2, 0) is 13.7 Å². The first kappa shape index (κ1) is 14.9. The van der Waals surface area contributed by atoms with Crippen LogP contribution in [0.25, 0.3) is 0 Å². The smallest absolute Gasteiger partial charge is 0.170 e. The van der Waals surface area contributed by atoms with Crippen LogP contribution >= 0.6 is 0 Å². The quantitative estimate of drug-likeness (QED) is 0.390. The second kappa shape index (κ2) is 5.87. The lowest BCUT2D eigenvalue weighted by molar-refractivity contribution is 0.291. The van der Waals surface area contributed by atoms with E-state index in [9.17, 15) is 0 Å². The summed E-state index contributed by atoms with van der Waals surface area (Å²) < 4.78 is 7.72. The van der Waals surface area contributed by atoms with E-state index in [0.29, 0.717) is 12.2 Å². The Bertz CT molecular complexity index is 666. The van der Waals surface area contributed by atoms with E-state index in [2.05, 4.69) is 10.3 Å². The number of oxime groups is 1. The summed E-state index contributed by atoms with van der Waals surface area (Å²) in [7, 11) is 1.90. The third-order valence-corrected chi connectivity index (χ3v) is 3.33. The molecule has 0 atom stereocenters. The zero-order valence-electron chi connectivity index (χ0n) is 12.7. The molecule has 0 saturated carbocycles. The Balaban J connectivity index is 2.23. The number of amidine groups is 1. The van der Waals surface area contributed by atoms with Crippen LogP contribution in [0.2, 0.25) is 0 Å². The molecule has 0 radical (unpaired) electrons. The van der Waals surface area contributed by atoms with Crippen molar-refractivity contribution in [1.82, 2.24) is 9.78 Å². The van der Waals surface area contributed by atoms with Gasteiger partial charge < -0.3 is 15.7 Å². The maximum atomic E-state index is 8.75. The molecule has 0 aliphatic heterocycles. The SMILES string of the molecule is Cc1cc(COc2c(C)cc(C(N)=NO)cc2C)n(C)n1. The van der Waals surface area contributed by atoms with Gasteiger partial charge in [-0.1, -0.05) is 5.16 Å². The minimum atomic E-state index is 0.0926. The number of rotatable bonds is 4. The lowest BCUT2D eigenvalue weighted by atomic mass is 10.1. The number of nitrogens with two attached hydrogens (primary N) is 1. The molecule has 1 aromatic heterocycles. The highest BCUT2D eigenvalue weighted by Gasteiger charge is 2.10. The summed E-state index contributed by atoms with van der Waals surface area (Å²) in [5.41, 5.74) is 10.1. The van der Waals surface area contributed by atoms with Crippen molar-refractivity contribution in [3.05, 3.63) is 46.3 Å². The van der Waals surface area contributed by atoms with Crippen LogP contribution in [0, 0.1) is 20.8 Å². The Morgan fingerprint density at radius 1 is 1.29 bits per heavy atom. The van der Waals surface area contributed by atoms with Crippen molar-refractivity contribution in [2.75, 3.05) is 0 Å². The summed E-state index contributed by atoms with van der Waals surface area (Å²) in [6, 6.07) is 5.67. The fourth-order valence-electron chi connectivity index (χ4n) is 2.33. The highest BCUT2D eigenvalue weighted by molar-refractivity contribution is 5.97. The molecular formula is C15H20N4O2. The third kappa shape index (κ3) is 3.16. The minimum absolute atomic E-state index is 0.0926. The van der Waals surface area contributed by atoms with E-state index in [-0.39, 0.29) is 5.84 Å². The Labute approximate surface area is 123 Å². The summed E-state index contributed by atoms with van der Waals surface area (Å²) in [6.07, 6.45) is 0. The predicted molar refractivity (Wildman–Crippen MR) is 80.7 cm³/mol. The third-order valence-electron chi connectivity index (χ3n) is 3.33. The Morgan fingerprint density at radius 3 is 2.38 bits per heavy atom. The molecule has 21 heavy (non-hydrogen) atoms. The molecule has 0 amide bonds. The fraction of sp³-hybridized carbons (Fsp3) is 0.333. The Kier molecular flexibility index (Phi) is 4.16. The summed E-state index contributed by atoms with van der Waals surface area (Å²) in [4.78, 5) is 0. The Morgan fingerprint density at radius 2 is 1.90 bits per heavy atom. The van der Waals surface area contributed by atoms with Gasteiger partial charge >= 0.3 is 0 Å². The molecule has 0 aliphatic rings. The molecule has 1 heterocycles. The van der Waals surface area contributed by atoms with E-state index >= 15 is 0 Å². The van der Waals surface area contributed by atoms with Crippen molar-refractivity contribution < 1.29 is 9.94 Å². The van der Waals surface area contributed by atoms with Gasteiger partial charge in [0.1, 0.15) is 12.4 Å². The van der Waals surface area contributed by atoms with Crippen LogP contribution in [0.3, 0.4) is 0 Å². The monoisotopic (exact) mass is 288 g/mol. The first-order valence-corrected chi connectivity index (χ1v) is 6.64. The van der Waals surface area contributed by atoms with E-state index in [1.54, 1.807) is 0 Å². The van der Waals surface area contributed by atoms with Gasteiger partial charge in [-0.05, 0) is 50.1 Å². The van der Waals surface area contributed by atoms with Crippen LogP contribution in [-0.4, -0.2) is 20.8 Å². The van der Waals surface area contributed by atoms with Gasteiger partial charge in [-0.15, -0.1) is 0 Å². The minimum Gasteiger partial charge on any atom is -0.487 e. The van der Waals surface area contributed by atoms with Gasteiger partial charge in [0.2, 0.25) is 0 Å². The maximum absolute atomic E-state index is 8.75. The zero-order chi connectivity index (χ0) is 15.6. The molecular weight excluding hydrogens is 268 g/mol.